The number of rotatable bonds is 2. The quantitative estimate of drug-likeness (QED) is 0.281. The van der Waals surface area contributed by atoms with Crippen LogP contribution in [0.5, 0.6) is 0 Å². The summed E-state index contributed by atoms with van der Waals surface area (Å²) in [6.45, 7) is 0. The Morgan fingerprint density at radius 1 is 2.00 bits per heavy atom. The second-order valence-electron chi connectivity index (χ2n) is 0.872. The summed E-state index contributed by atoms with van der Waals surface area (Å²) in [5.74, 6) is -0.109. The SMILES string of the molecule is CON=CC(=N)N. The maximum atomic E-state index is 6.55. The zero-order chi connectivity index (χ0) is 5.70. The molecule has 0 rings (SSSR count). The molecule has 0 radical (unpaired) electrons. The molecule has 0 spiro atoms. The van der Waals surface area contributed by atoms with Crippen LogP contribution in [0.3, 0.4) is 0 Å². The Hall–Kier alpha value is -1.06. The van der Waals surface area contributed by atoms with Crippen molar-refractivity contribution in [1.82, 2.24) is 0 Å². The van der Waals surface area contributed by atoms with Crippen LogP contribution < -0.4 is 5.73 Å². The first-order chi connectivity index (χ1) is 3.27. The lowest BCUT2D eigenvalue weighted by Gasteiger charge is -1.81. The van der Waals surface area contributed by atoms with Gasteiger partial charge in [0.25, 0.3) is 0 Å². The van der Waals surface area contributed by atoms with Crippen LogP contribution in [0.15, 0.2) is 5.16 Å². The molecule has 0 aliphatic carbocycles. The number of nitrogens with one attached hydrogen (secondary N) is 1. The Labute approximate surface area is 41.5 Å². The average Bonchev–Trinajstić information content (AvgIpc) is 1.61. The highest BCUT2D eigenvalue weighted by Gasteiger charge is 1.72. The maximum absolute atomic E-state index is 6.55. The van der Waals surface area contributed by atoms with Crippen LogP contribution in [0.2, 0.25) is 0 Å². The third kappa shape index (κ3) is 4.94. The maximum Gasteiger partial charge on any atom is 0.137 e. The predicted octanol–water partition coefficient (Wildman–Crippen LogP) is -0.445. The van der Waals surface area contributed by atoms with Gasteiger partial charge in [-0.3, -0.25) is 5.41 Å². The average molecular weight is 101 g/mol. The molecule has 0 aliphatic rings. The third-order valence-corrected chi connectivity index (χ3v) is 0.297. The molecule has 0 bridgehead atoms. The van der Waals surface area contributed by atoms with Gasteiger partial charge >= 0.3 is 0 Å². The summed E-state index contributed by atoms with van der Waals surface area (Å²) in [6, 6.07) is 0. The van der Waals surface area contributed by atoms with E-state index in [4.69, 9.17) is 11.1 Å². The molecule has 0 aliphatic heterocycles. The van der Waals surface area contributed by atoms with Crippen LogP contribution >= 0.6 is 0 Å². The van der Waals surface area contributed by atoms with Gasteiger partial charge < -0.3 is 10.6 Å². The van der Waals surface area contributed by atoms with E-state index in [2.05, 4.69) is 9.99 Å². The molecule has 4 heteroatoms. The van der Waals surface area contributed by atoms with Crippen molar-refractivity contribution in [1.29, 1.82) is 5.41 Å². The van der Waals surface area contributed by atoms with Crippen LogP contribution in [0, 0.1) is 5.41 Å². The monoisotopic (exact) mass is 101 g/mol. The van der Waals surface area contributed by atoms with E-state index in [-0.39, 0.29) is 5.84 Å². The smallest absolute Gasteiger partial charge is 0.137 e. The van der Waals surface area contributed by atoms with Gasteiger partial charge in [-0.05, 0) is 0 Å². The normalized spacial score (nSPS) is 9.29. The fourth-order valence-corrected chi connectivity index (χ4v) is 0.109. The molecule has 0 fully saturated rings. The van der Waals surface area contributed by atoms with Crippen molar-refractivity contribution in [2.75, 3.05) is 7.11 Å². The number of hydrogen-bond donors (Lipinski definition) is 2. The Kier molecular flexibility index (Phi) is 2.67. The molecule has 0 aromatic rings. The number of nitrogens with zero attached hydrogens (tertiary/aromatic N) is 1. The summed E-state index contributed by atoms with van der Waals surface area (Å²) in [6.07, 6.45) is 1.11. The van der Waals surface area contributed by atoms with E-state index in [1.807, 2.05) is 0 Å². The standard InChI is InChI=1S/C3H7N3O/c1-7-6-2-3(4)5/h2H,1H3,(H3,4,5). The van der Waals surface area contributed by atoms with Gasteiger partial charge in [0.1, 0.15) is 19.2 Å². The van der Waals surface area contributed by atoms with E-state index in [1.54, 1.807) is 0 Å². The number of hydrogen-bond acceptors (Lipinski definition) is 3. The highest BCUT2D eigenvalue weighted by Crippen LogP contribution is 1.59. The van der Waals surface area contributed by atoms with Gasteiger partial charge in [0.2, 0.25) is 0 Å². The lowest BCUT2D eigenvalue weighted by Crippen LogP contribution is -2.10. The highest BCUT2D eigenvalue weighted by atomic mass is 16.6. The van der Waals surface area contributed by atoms with E-state index in [0.717, 1.165) is 6.21 Å². The van der Waals surface area contributed by atoms with Crippen molar-refractivity contribution in [3.63, 3.8) is 0 Å². The molecule has 0 atom stereocenters. The van der Waals surface area contributed by atoms with Crippen LogP contribution in [0.1, 0.15) is 0 Å². The summed E-state index contributed by atoms with van der Waals surface area (Å²) in [7, 11) is 1.39. The zero-order valence-corrected chi connectivity index (χ0v) is 4.01. The fraction of sp³-hybridized carbons (Fsp3) is 0.333. The molecule has 3 N–H and O–H groups in total. The van der Waals surface area contributed by atoms with Crippen LogP contribution in [-0.2, 0) is 4.84 Å². The van der Waals surface area contributed by atoms with E-state index in [0.29, 0.717) is 0 Å². The van der Waals surface area contributed by atoms with Gasteiger partial charge in [0, 0.05) is 0 Å². The van der Waals surface area contributed by atoms with Crippen molar-refractivity contribution < 1.29 is 4.84 Å². The minimum atomic E-state index is -0.109. The van der Waals surface area contributed by atoms with Gasteiger partial charge in [-0.2, -0.15) is 0 Å². The van der Waals surface area contributed by atoms with E-state index >= 15 is 0 Å². The van der Waals surface area contributed by atoms with Crippen molar-refractivity contribution in [2.45, 2.75) is 0 Å². The molecule has 0 aromatic carbocycles. The molecule has 0 saturated carbocycles. The van der Waals surface area contributed by atoms with Gasteiger partial charge in [0.05, 0.1) is 0 Å². The molecule has 7 heavy (non-hydrogen) atoms. The number of nitrogens with two attached hydrogens (primary N) is 1. The van der Waals surface area contributed by atoms with E-state index in [1.165, 1.54) is 7.11 Å². The molecule has 0 aromatic heterocycles. The largest absolute Gasteiger partial charge is 0.399 e. The number of amidine groups is 1. The molecule has 0 unspecified atom stereocenters. The minimum absolute atomic E-state index is 0.109. The first-order valence-corrected chi connectivity index (χ1v) is 1.68. The summed E-state index contributed by atoms with van der Waals surface area (Å²) in [5, 5.41) is 9.74. The number of oxime groups is 1. The Balaban J connectivity index is 3.26. The van der Waals surface area contributed by atoms with Gasteiger partial charge in [0.15, 0.2) is 0 Å². The lowest BCUT2D eigenvalue weighted by atomic mass is 10.7. The minimum Gasteiger partial charge on any atom is -0.399 e. The third-order valence-electron chi connectivity index (χ3n) is 0.297. The fourth-order valence-electron chi connectivity index (χ4n) is 0.109. The van der Waals surface area contributed by atoms with Gasteiger partial charge in [-0.15, -0.1) is 0 Å². The first-order valence-electron chi connectivity index (χ1n) is 1.68. The van der Waals surface area contributed by atoms with Crippen molar-refractivity contribution in [2.24, 2.45) is 10.9 Å². The Morgan fingerprint density at radius 2 is 2.57 bits per heavy atom. The molecular weight excluding hydrogens is 94.1 g/mol. The Bertz CT molecular complexity index is 88.2. The first kappa shape index (κ1) is 5.94. The molecule has 0 amide bonds. The lowest BCUT2D eigenvalue weighted by molar-refractivity contribution is 0.216. The summed E-state index contributed by atoms with van der Waals surface area (Å²) < 4.78 is 0. The van der Waals surface area contributed by atoms with Gasteiger partial charge in [-0.1, -0.05) is 5.16 Å². The topological polar surface area (TPSA) is 71.5 Å². The second-order valence-corrected chi connectivity index (χ2v) is 0.872. The van der Waals surface area contributed by atoms with Crippen molar-refractivity contribution in [3.8, 4) is 0 Å². The van der Waals surface area contributed by atoms with Crippen LogP contribution in [-0.4, -0.2) is 19.2 Å². The van der Waals surface area contributed by atoms with Crippen molar-refractivity contribution in [3.05, 3.63) is 0 Å². The summed E-state index contributed by atoms with van der Waals surface area (Å²) in [5.41, 5.74) is 4.83. The van der Waals surface area contributed by atoms with Crippen LogP contribution in [0.25, 0.3) is 0 Å². The summed E-state index contributed by atoms with van der Waals surface area (Å²) >= 11 is 0. The van der Waals surface area contributed by atoms with Crippen LogP contribution in [0.4, 0.5) is 0 Å². The van der Waals surface area contributed by atoms with E-state index in [9.17, 15) is 0 Å². The molecule has 0 heterocycles. The molecule has 0 saturated heterocycles. The zero-order valence-electron chi connectivity index (χ0n) is 4.01. The molecule has 4 nitrogen and oxygen atoms in total. The molecular formula is C3H7N3O. The van der Waals surface area contributed by atoms with Gasteiger partial charge in [-0.25, -0.2) is 0 Å². The second kappa shape index (κ2) is 3.14. The molecule has 40 valence electrons. The highest BCUT2D eigenvalue weighted by molar-refractivity contribution is 6.26. The Morgan fingerprint density at radius 3 is 2.71 bits per heavy atom. The van der Waals surface area contributed by atoms with E-state index < -0.39 is 0 Å². The summed E-state index contributed by atoms with van der Waals surface area (Å²) in [4.78, 5) is 4.20. The van der Waals surface area contributed by atoms with Crippen molar-refractivity contribution >= 4 is 12.1 Å². The predicted molar refractivity (Wildman–Crippen MR) is 27.4 cm³/mol.